The van der Waals surface area contributed by atoms with Gasteiger partial charge in [-0.05, 0) is 46.7 Å². The second-order valence-electron chi connectivity index (χ2n) is 4.04. The van der Waals surface area contributed by atoms with Gasteiger partial charge in [0, 0.05) is 9.13 Å². The van der Waals surface area contributed by atoms with Gasteiger partial charge in [-0.15, -0.1) is 0 Å². The minimum atomic E-state index is -1.01. The normalized spacial score (nSPS) is 12.2. The molecular weight excluding hydrogens is 333 g/mol. The van der Waals surface area contributed by atoms with Gasteiger partial charge in [-0.2, -0.15) is 0 Å². The van der Waals surface area contributed by atoms with Crippen LogP contribution in [0.15, 0.2) is 24.3 Å². The zero-order valence-electron chi connectivity index (χ0n) is 9.61. The highest BCUT2D eigenvalue weighted by atomic mass is 127. The van der Waals surface area contributed by atoms with Gasteiger partial charge in [0.05, 0.1) is 0 Å². The van der Waals surface area contributed by atoms with Crippen molar-refractivity contribution in [3.8, 4) is 0 Å². The summed E-state index contributed by atoms with van der Waals surface area (Å²) < 4.78 is 0.937. The first kappa shape index (κ1) is 14.0. The number of carbonyl (C=O) groups excluding carboxylic acids is 1. The van der Waals surface area contributed by atoms with Gasteiger partial charge in [0.1, 0.15) is 6.04 Å². The van der Waals surface area contributed by atoms with Crippen LogP contribution in [-0.4, -0.2) is 23.0 Å². The van der Waals surface area contributed by atoms with Crippen molar-refractivity contribution < 1.29 is 14.7 Å². The minimum absolute atomic E-state index is 0.153. The molecule has 0 saturated carbocycles. The molecule has 5 heteroatoms. The van der Waals surface area contributed by atoms with Crippen LogP contribution in [0.25, 0.3) is 0 Å². The lowest BCUT2D eigenvalue weighted by Gasteiger charge is -2.17. The Kier molecular flexibility index (Phi) is 4.92. The van der Waals surface area contributed by atoms with Crippen LogP contribution in [0.5, 0.6) is 0 Å². The summed E-state index contributed by atoms with van der Waals surface area (Å²) in [6, 6.07) is 6.16. The maximum atomic E-state index is 11.8. The fourth-order valence-corrected chi connectivity index (χ4v) is 1.91. The average molecular weight is 347 g/mol. The van der Waals surface area contributed by atoms with E-state index in [2.05, 4.69) is 27.9 Å². The number of rotatable bonds is 4. The Morgan fingerprint density at radius 3 is 2.47 bits per heavy atom. The van der Waals surface area contributed by atoms with E-state index in [1.54, 1.807) is 32.0 Å². The summed E-state index contributed by atoms with van der Waals surface area (Å²) in [7, 11) is 0. The number of halogens is 1. The zero-order valence-corrected chi connectivity index (χ0v) is 11.8. The van der Waals surface area contributed by atoms with E-state index < -0.39 is 12.0 Å². The lowest BCUT2D eigenvalue weighted by Crippen LogP contribution is -2.44. The molecule has 0 aromatic heterocycles. The van der Waals surface area contributed by atoms with Crippen LogP contribution < -0.4 is 5.32 Å². The number of carboxylic acid groups (broad SMARTS) is 1. The Morgan fingerprint density at radius 2 is 2.00 bits per heavy atom. The summed E-state index contributed by atoms with van der Waals surface area (Å²) in [5.74, 6) is -1.53. The van der Waals surface area contributed by atoms with Crippen molar-refractivity contribution in [1.82, 2.24) is 5.32 Å². The molecule has 1 aromatic rings. The molecule has 1 aromatic carbocycles. The Morgan fingerprint density at radius 1 is 1.35 bits per heavy atom. The zero-order chi connectivity index (χ0) is 13.0. The van der Waals surface area contributed by atoms with E-state index in [9.17, 15) is 9.59 Å². The third-order valence-corrected chi connectivity index (χ3v) is 2.98. The van der Waals surface area contributed by atoms with E-state index in [1.807, 2.05) is 6.07 Å². The second kappa shape index (κ2) is 6.00. The SMILES string of the molecule is CC(C)[C@@H](NC(=O)c1cccc(I)c1)C(=O)O. The largest absolute Gasteiger partial charge is 0.480 e. The van der Waals surface area contributed by atoms with Crippen molar-refractivity contribution in [3.05, 3.63) is 33.4 Å². The highest BCUT2D eigenvalue weighted by Crippen LogP contribution is 2.09. The Bertz CT molecular complexity index is 432. The molecule has 2 N–H and O–H groups in total. The first-order chi connectivity index (χ1) is 7.91. The molecule has 4 nitrogen and oxygen atoms in total. The van der Waals surface area contributed by atoms with Crippen LogP contribution in [0.1, 0.15) is 24.2 Å². The van der Waals surface area contributed by atoms with Crippen molar-refractivity contribution >= 4 is 34.5 Å². The van der Waals surface area contributed by atoms with Crippen LogP contribution in [0, 0.1) is 9.49 Å². The molecule has 0 spiro atoms. The van der Waals surface area contributed by atoms with Gasteiger partial charge in [-0.25, -0.2) is 4.79 Å². The molecule has 0 bridgehead atoms. The molecule has 0 aliphatic carbocycles. The Hall–Kier alpha value is -1.11. The summed E-state index contributed by atoms with van der Waals surface area (Å²) in [6.45, 7) is 3.52. The third-order valence-electron chi connectivity index (χ3n) is 2.31. The van der Waals surface area contributed by atoms with Crippen molar-refractivity contribution in [2.75, 3.05) is 0 Å². The number of aliphatic carboxylic acids is 1. The standard InChI is InChI=1S/C12H14INO3/c1-7(2)10(12(16)17)14-11(15)8-4-3-5-9(13)6-8/h3-7,10H,1-2H3,(H,14,15)(H,16,17)/t10-/m1/s1. The number of hydrogen-bond acceptors (Lipinski definition) is 2. The predicted molar refractivity (Wildman–Crippen MR) is 72.9 cm³/mol. The smallest absolute Gasteiger partial charge is 0.326 e. The van der Waals surface area contributed by atoms with Crippen molar-refractivity contribution in [2.45, 2.75) is 19.9 Å². The number of amides is 1. The predicted octanol–water partition coefficient (Wildman–Crippen LogP) is 2.13. The van der Waals surface area contributed by atoms with E-state index in [0.717, 1.165) is 3.57 Å². The van der Waals surface area contributed by atoms with Gasteiger partial charge < -0.3 is 10.4 Å². The van der Waals surface area contributed by atoms with Gasteiger partial charge >= 0.3 is 5.97 Å². The summed E-state index contributed by atoms with van der Waals surface area (Å²) >= 11 is 2.10. The minimum Gasteiger partial charge on any atom is -0.480 e. The molecule has 17 heavy (non-hydrogen) atoms. The monoisotopic (exact) mass is 347 g/mol. The third kappa shape index (κ3) is 3.99. The van der Waals surface area contributed by atoms with Crippen molar-refractivity contribution in [3.63, 3.8) is 0 Å². The van der Waals surface area contributed by atoms with Gasteiger partial charge in [0.2, 0.25) is 0 Å². The van der Waals surface area contributed by atoms with Crippen LogP contribution in [0.2, 0.25) is 0 Å². The van der Waals surface area contributed by atoms with Crippen LogP contribution >= 0.6 is 22.6 Å². The number of benzene rings is 1. The van der Waals surface area contributed by atoms with Crippen LogP contribution in [-0.2, 0) is 4.79 Å². The molecule has 0 aliphatic rings. The second-order valence-corrected chi connectivity index (χ2v) is 5.29. The Labute approximate surface area is 114 Å². The van der Waals surface area contributed by atoms with Gasteiger partial charge in [-0.3, -0.25) is 4.79 Å². The molecular formula is C12H14INO3. The highest BCUT2D eigenvalue weighted by Gasteiger charge is 2.23. The van der Waals surface area contributed by atoms with Crippen LogP contribution in [0.4, 0.5) is 0 Å². The molecule has 0 unspecified atom stereocenters. The summed E-state index contributed by atoms with van der Waals surface area (Å²) in [4.78, 5) is 22.8. The van der Waals surface area contributed by atoms with Crippen molar-refractivity contribution in [1.29, 1.82) is 0 Å². The molecule has 1 rings (SSSR count). The first-order valence-electron chi connectivity index (χ1n) is 5.21. The van der Waals surface area contributed by atoms with E-state index in [1.165, 1.54) is 0 Å². The molecule has 0 saturated heterocycles. The Balaban J connectivity index is 2.81. The van der Waals surface area contributed by atoms with E-state index in [4.69, 9.17) is 5.11 Å². The highest BCUT2D eigenvalue weighted by molar-refractivity contribution is 14.1. The lowest BCUT2D eigenvalue weighted by molar-refractivity contribution is -0.140. The molecule has 0 heterocycles. The topological polar surface area (TPSA) is 66.4 Å². The van der Waals surface area contributed by atoms with Crippen LogP contribution in [0.3, 0.4) is 0 Å². The summed E-state index contributed by atoms with van der Waals surface area (Å²) in [5.41, 5.74) is 0.476. The lowest BCUT2D eigenvalue weighted by atomic mass is 10.0. The number of carbonyl (C=O) groups is 2. The van der Waals surface area contributed by atoms with Gasteiger partial charge in [0.15, 0.2) is 0 Å². The fourth-order valence-electron chi connectivity index (χ4n) is 1.37. The van der Waals surface area contributed by atoms with E-state index >= 15 is 0 Å². The molecule has 92 valence electrons. The maximum absolute atomic E-state index is 11.8. The molecule has 1 amide bonds. The summed E-state index contributed by atoms with van der Waals surface area (Å²) in [6.07, 6.45) is 0. The molecule has 1 atom stereocenters. The van der Waals surface area contributed by atoms with E-state index in [0.29, 0.717) is 5.56 Å². The molecule has 0 aliphatic heterocycles. The van der Waals surface area contributed by atoms with E-state index in [-0.39, 0.29) is 11.8 Å². The number of hydrogen-bond donors (Lipinski definition) is 2. The maximum Gasteiger partial charge on any atom is 0.326 e. The first-order valence-corrected chi connectivity index (χ1v) is 6.29. The fraction of sp³-hybridized carbons (Fsp3) is 0.333. The van der Waals surface area contributed by atoms with Gasteiger partial charge in [-0.1, -0.05) is 19.9 Å². The molecule has 0 fully saturated rings. The quantitative estimate of drug-likeness (QED) is 0.820. The average Bonchev–Trinajstić information content (AvgIpc) is 2.24. The summed E-state index contributed by atoms with van der Waals surface area (Å²) in [5, 5.41) is 11.5. The molecule has 0 radical (unpaired) electrons. The van der Waals surface area contributed by atoms with Crippen molar-refractivity contribution in [2.24, 2.45) is 5.92 Å². The van der Waals surface area contributed by atoms with Gasteiger partial charge in [0.25, 0.3) is 5.91 Å². The number of nitrogens with one attached hydrogen (secondary N) is 1. The number of carboxylic acids is 1.